The molecule has 4 aliphatic rings. The second-order valence-electron chi connectivity index (χ2n) is 15.1. The number of rotatable bonds is 6. The number of alkyl halides is 2. The minimum atomic E-state index is -2.56. The monoisotopic (exact) mass is 480 g/mol. The maximum absolute atomic E-state index is 16.0. The summed E-state index contributed by atoms with van der Waals surface area (Å²) in [7, 11) is 0. The van der Waals surface area contributed by atoms with Crippen molar-refractivity contribution < 1.29 is 13.5 Å². The Hall–Kier alpha value is -0.180. The molecule has 4 aliphatic carbocycles. The van der Waals surface area contributed by atoms with Crippen LogP contribution < -0.4 is 0 Å². The smallest absolute Gasteiger partial charge is 0.251 e. The lowest BCUT2D eigenvalue weighted by atomic mass is 9.43. The molecule has 0 heterocycles. The van der Waals surface area contributed by atoms with Gasteiger partial charge in [-0.2, -0.15) is 0 Å². The Morgan fingerprint density at radius 1 is 0.882 bits per heavy atom. The van der Waals surface area contributed by atoms with Crippen LogP contribution in [0.4, 0.5) is 8.78 Å². The summed E-state index contributed by atoms with van der Waals surface area (Å²) < 4.78 is 38.2. The second-order valence-corrected chi connectivity index (χ2v) is 15.1. The van der Waals surface area contributed by atoms with Crippen LogP contribution in [0.5, 0.6) is 0 Å². The first-order chi connectivity index (χ1) is 15.7. The molecule has 2 unspecified atom stereocenters. The molecule has 9 atom stereocenters. The van der Waals surface area contributed by atoms with Crippen LogP contribution in [-0.2, 0) is 4.74 Å². The molecular weight excluding hydrogens is 426 g/mol. The molecule has 198 valence electrons. The maximum atomic E-state index is 16.0. The molecule has 0 aliphatic heterocycles. The standard InChI is InChI=1S/C31H54F2O/c1-20(2)10-9-11-21(3)24-12-13-25-23-19-31(32,33)27-18-22(34-28(4,5)6)14-16-30(27,8)26(23)15-17-29(24,25)7/h20-27H,9-19H2,1-8H3/t21-,22?,23+,24-,25+,26+,27?,29-,30-/m1/s1. The molecule has 1 nitrogen and oxygen atoms in total. The van der Waals surface area contributed by atoms with Gasteiger partial charge in [-0.15, -0.1) is 0 Å². The van der Waals surface area contributed by atoms with E-state index in [0.717, 1.165) is 30.6 Å². The van der Waals surface area contributed by atoms with E-state index in [1.807, 2.05) is 0 Å². The lowest BCUT2D eigenvalue weighted by molar-refractivity contribution is -0.243. The van der Waals surface area contributed by atoms with Crippen LogP contribution in [0.2, 0.25) is 0 Å². The highest BCUT2D eigenvalue weighted by atomic mass is 19.3. The summed E-state index contributed by atoms with van der Waals surface area (Å²) in [5.41, 5.74) is -0.223. The Morgan fingerprint density at radius 2 is 1.53 bits per heavy atom. The van der Waals surface area contributed by atoms with E-state index in [0.29, 0.717) is 18.3 Å². The summed E-state index contributed by atoms with van der Waals surface area (Å²) in [6, 6.07) is 0. The zero-order chi connectivity index (χ0) is 25.1. The third-order valence-electron chi connectivity index (χ3n) is 11.3. The molecule has 0 saturated heterocycles. The Labute approximate surface area is 209 Å². The van der Waals surface area contributed by atoms with Crippen molar-refractivity contribution in [3.63, 3.8) is 0 Å². The highest BCUT2D eigenvalue weighted by Crippen LogP contribution is 2.70. The highest BCUT2D eigenvalue weighted by molar-refractivity contribution is 5.13. The summed E-state index contributed by atoms with van der Waals surface area (Å²) in [6.45, 7) is 18.0. The van der Waals surface area contributed by atoms with Crippen LogP contribution in [0.1, 0.15) is 126 Å². The van der Waals surface area contributed by atoms with Crippen LogP contribution in [0.3, 0.4) is 0 Å². The topological polar surface area (TPSA) is 9.23 Å². The Bertz CT molecular complexity index is 711. The number of ether oxygens (including phenoxy) is 1. The van der Waals surface area contributed by atoms with Crippen LogP contribution >= 0.6 is 0 Å². The predicted octanol–water partition coefficient (Wildman–Crippen LogP) is 9.54. The van der Waals surface area contributed by atoms with Crippen LogP contribution in [0, 0.1) is 52.3 Å². The molecule has 0 spiro atoms. The lowest BCUT2D eigenvalue weighted by Crippen LogP contribution is -2.61. The largest absolute Gasteiger partial charge is 0.373 e. The van der Waals surface area contributed by atoms with Crippen LogP contribution in [0.15, 0.2) is 0 Å². The molecule has 0 bridgehead atoms. The summed E-state index contributed by atoms with van der Waals surface area (Å²) in [5, 5.41) is 0. The number of hydrogen-bond donors (Lipinski definition) is 0. The number of halogens is 2. The van der Waals surface area contributed by atoms with Gasteiger partial charge in [0.2, 0.25) is 0 Å². The average Bonchev–Trinajstić information content (AvgIpc) is 3.05. The van der Waals surface area contributed by atoms with Crippen molar-refractivity contribution >= 4 is 0 Å². The van der Waals surface area contributed by atoms with Crippen molar-refractivity contribution in [2.75, 3.05) is 0 Å². The van der Waals surface area contributed by atoms with E-state index < -0.39 is 11.8 Å². The fourth-order valence-corrected chi connectivity index (χ4v) is 9.87. The predicted molar refractivity (Wildman–Crippen MR) is 138 cm³/mol. The Kier molecular flexibility index (Phi) is 7.34. The van der Waals surface area contributed by atoms with E-state index in [4.69, 9.17) is 4.74 Å². The average molecular weight is 481 g/mol. The fraction of sp³-hybridized carbons (Fsp3) is 1.00. The molecule has 34 heavy (non-hydrogen) atoms. The van der Waals surface area contributed by atoms with E-state index >= 15 is 8.78 Å². The quantitative estimate of drug-likeness (QED) is 0.368. The number of fused-ring (bicyclic) bond motifs is 5. The summed E-state index contributed by atoms with van der Waals surface area (Å²) in [4.78, 5) is 0. The number of hydrogen-bond acceptors (Lipinski definition) is 1. The van der Waals surface area contributed by atoms with Crippen LogP contribution in [-0.4, -0.2) is 17.6 Å². The molecular formula is C31H54F2O. The Balaban J connectivity index is 1.51. The van der Waals surface area contributed by atoms with Crippen molar-refractivity contribution in [2.24, 2.45) is 52.3 Å². The van der Waals surface area contributed by atoms with Gasteiger partial charge in [0, 0.05) is 12.3 Å². The van der Waals surface area contributed by atoms with E-state index in [1.165, 1.54) is 44.9 Å². The van der Waals surface area contributed by atoms with Gasteiger partial charge in [0.1, 0.15) is 0 Å². The molecule has 4 rings (SSSR count). The first kappa shape index (κ1) is 26.9. The van der Waals surface area contributed by atoms with Gasteiger partial charge in [0.05, 0.1) is 11.7 Å². The van der Waals surface area contributed by atoms with Crippen molar-refractivity contribution in [1.29, 1.82) is 0 Å². The molecule has 3 heteroatoms. The van der Waals surface area contributed by atoms with Gasteiger partial charge in [-0.1, -0.05) is 53.9 Å². The van der Waals surface area contributed by atoms with E-state index in [2.05, 4.69) is 55.4 Å². The van der Waals surface area contributed by atoms with Gasteiger partial charge in [0.25, 0.3) is 5.92 Å². The molecule has 0 N–H and O–H groups in total. The zero-order valence-electron chi connectivity index (χ0n) is 23.6. The summed E-state index contributed by atoms with van der Waals surface area (Å²) >= 11 is 0. The molecule has 0 radical (unpaired) electrons. The lowest BCUT2D eigenvalue weighted by Gasteiger charge is -2.63. The normalized spacial score (nSPS) is 44.9. The Morgan fingerprint density at radius 3 is 2.18 bits per heavy atom. The molecule has 4 saturated carbocycles. The molecule has 0 aromatic carbocycles. The fourth-order valence-electron chi connectivity index (χ4n) is 9.87. The van der Waals surface area contributed by atoms with Crippen molar-refractivity contribution in [1.82, 2.24) is 0 Å². The summed E-state index contributed by atoms with van der Waals surface area (Å²) in [5.74, 6) is 0.327. The highest BCUT2D eigenvalue weighted by Gasteiger charge is 2.67. The van der Waals surface area contributed by atoms with E-state index in [1.54, 1.807) is 0 Å². The van der Waals surface area contributed by atoms with Crippen molar-refractivity contribution in [2.45, 2.75) is 144 Å². The first-order valence-electron chi connectivity index (χ1n) is 14.7. The minimum absolute atomic E-state index is 0.0168. The SMILES string of the molecule is CC(C)CCC[C@@H](C)[C@H]1CC[C@H]2[C@@H]3CC(F)(F)C4CC(OC(C)(C)C)CC[C@]4(C)[C@H]3CC[C@]12C. The minimum Gasteiger partial charge on any atom is -0.373 e. The summed E-state index contributed by atoms with van der Waals surface area (Å²) in [6.07, 6.45) is 11.3. The molecule has 4 fully saturated rings. The van der Waals surface area contributed by atoms with Gasteiger partial charge >= 0.3 is 0 Å². The van der Waals surface area contributed by atoms with Gasteiger partial charge in [0.15, 0.2) is 0 Å². The zero-order valence-corrected chi connectivity index (χ0v) is 23.6. The second kappa shape index (κ2) is 9.29. The maximum Gasteiger partial charge on any atom is 0.251 e. The molecule has 0 aromatic rings. The van der Waals surface area contributed by atoms with Crippen LogP contribution in [0.25, 0.3) is 0 Å². The van der Waals surface area contributed by atoms with E-state index in [9.17, 15) is 0 Å². The van der Waals surface area contributed by atoms with Gasteiger partial charge in [-0.3, -0.25) is 0 Å². The van der Waals surface area contributed by atoms with Gasteiger partial charge in [-0.25, -0.2) is 8.78 Å². The van der Waals surface area contributed by atoms with E-state index in [-0.39, 0.29) is 34.9 Å². The third kappa shape index (κ3) is 4.87. The third-order valence-corrected chi connectivity index (χ3v) is 11.3. The van der Waals surface area contributed by atoms with Gasteiger partial charge in [-0.05, 0) is 112 Å². The first-order valence-corrected chi connectivity index (χ1v) is 14.7. The van der Waals surface area contributed by atoms with Crippen molar-refractivity contribution in [3.8, 4) is 0 Å². The molecule has 0 amide bonds. The van der Waals surface area contributed by atoms with Gasteiger partial charge < -0.3 is 4.74 Å². The van der Waals surface area contributed by atoms with Crippen molar-refractivity contribution in [3.05, 3.63) is 0 Å². The molecule has 0 aromatic heterocycles.